The molecule has 0 heterocycles. The third-order valence-electron chi connectivity index (χ3n) is 5.21. The average Bonchev–Trinajstić information content (AvgIpc) is 2.59. The van der Waals surface area contributed by atoms with Crippen LogP contribution in [0.25, 0.3) is 0 Å². The lowest BCUT2D eigenvalue weighted by atomic mass is 9.88. The van der Waals surface area contributed by atoms with Gasteiger partial charge in [-0.3, -0.25) is 9.69 Å². The number of hydrogen-bond acceptors (Lipinski definition) is 2. The number of benzene rings is 1. The highest BCUT2D eigenvalue weighted by Crippen LogP contribution is 2.28. The molecule has 0 radical (unpaired) electrons. The Morgan fingerprint density at radius 2 is 1.71 bits per heavy atom. The molecule has 24 heavy (non-hydrogen) atoms. The van der Waals surface area contributed by atoms with Gasteiger partial charge in [-0.1, -0.05) is 56.0 Å². The van der Waals surface area contributed by atoms with E-state index in [2.05, 4.69) is 18.7 Å². The quantitative estimate of drug-likeness (QED) is 0.727. The van der Waals surface area contributed by atoms with E-state index in [0.717, 1.165) is 25.1 Å². The Morgan fingerprint density at radius 1 is 1.08 bits per heavy atom. The number of carbonyl (C=O) groups excluding carboxylic acids is 1. The summed E-state index contributed by atoms with van der Waals surface area (Å²) in [5.74, 6) is 0.150. The van der Waals surface area contributed by atoms with Gasteiger partial charge in [-0.15, -0.1) is 0 Å². The normalized spacial score (nSPS) is 21.1. The van der Waals surface area contributed by atoms with Crippen LogP contribution in [0.3, 0.4) is 0 Å². The molecule has 0 aliphatic heterocycles. The van der Waals surface area contributed by atoms with E-state index >= 15 is 0 Å². The lowest BCUT2D eigenvalue weighted by Crippen LogP contribution is -2.54. The van der Waals surface area contributed by atoms with Crippen molar-refractivity contribution in [1.29, 1.82) is 0 Å². The number of likely N-dealkylation sites (N-methyl/N-ethyl adjacent to an activating group) is 2. The van der Waals surface area contributed by atoms with Crippen molar-refractivity contribution >= 4 is 29.1 Å². The minimum absolute atomic E-state index is 0.150. The van der Waals surface area contributed by atoms with Crippen LogP contribution < -0.4 is 0 Å². The Balaban J connectivity index is 2.08. The number of rotatable bonds is 6. The average molecular weight is 371 g/mol. The largest absolute Gasteiger partial charge is 0.341 e. The summed E-state index contributed by atoms with van der Waals surface area (Å²) in [7, 11) is 1.95. The van der Waals surface area contributed by atoms with Gasteiger partial charge < -0.3 is 4.90 Å². The summed E-state index contributed by atoms with van der Waals surface area (Å²) in [5.41, 5.74) is 0.913. The van der Waals surface area contributed by atoms with E-state index in [0.29, 0.717) is 28.5 Å². The van der Waals surface area contributed by atoms with Crippen LogP contribution in [0.1, 0.15) is 45.1 Å². The third kappa shape index (κ3) is 4.65. The molecule has 1 aromatic carbocycles. The minimum atomic E-state index is 0.150. The van der Waals surface area contributed by atoms with Gasteiger partial charge in [0.2, 0.25) is 5.91 Å². The van der Waals surface area contributed by atoms with Gasteiger partial charge in [0, 0.05) is 19.1 Å². The summed E-state index contributed by atoms with van der Waals surface area (Å²) in [5, 5.41) is 1.03. The van der Waals surface area contributed by atoms with Crippen LogP contribution in [-0.2, 0) is 11.2 Å². The molecule has 2 atom stereocenters. The number of carbonyl (C=O) groups is 1. The molecule has 1 aliphatic rings. The van der Waals surface area contributed by atoms with Crippen LogP contribution in [0.5, 0.6) is 0 Å². The standard InChI is InChI=1S/C19H28Cl2N2O/c1-4-23(5-2)18-9-7-6-8-17(18)22(3)19(24)13-14-10-11-15(20)16(21)12-14/h10-12,17-18H,4-9,13H2,1-3H3. The molecule has 1 aromatic rings. The molecule has 1 aliphatic carbocycles. The first-order chi connectivity index (χ1) is 11.5. The van der Waals surface area contributed by atoms with Crippen LogP contribution in [0.4, 0.5) is 0 Å². The summed E-state index contributed by atoms with van der Waals surface area (Å²) < 4.78 is 0. The molecule has 5 heteroatoms. The van der Waals surface area contributed by atoms with Crippen molar-refractivity contribution in [3.05, 3.63) is 33.8 Å². The lowest BCUT2D eigenvalue weighted by Gasteiger charge is -2.43. The van der Waals surface area contributed by atoms with Gasteiger partial charge >= 0.3 is 0 Å². The molecule has 1 fully saturated rings. The van der Waals surface area contributed by atoms with Gasteiger partial charge in [0.15, 0.2) is 0 Å². The maximum absolute atomic E-state index is 12.8. The Bertz CT molecular complexity index is 560. The smallest absolute Gasteiger partial charge is 0.227 e. The van der Waals surface area contributed by atoms with Gasteiger partial charge in [-0.25, -0.2) is 0 Å². The van der Waals surface area contributed by atoms with E-state index in [9.17, 15) is 4.79 Å². The van der Waals surface area contributed by atoms with Gasteiger partial charge in [-0.05, 0) is 43.6 Å². The fourth-order valence-corrected chi connectivity index (χ4v) is 4.12. The Morgan fingerprint density at radius 3 is 2.29 bits per heavy atom. The zero-order chi connectivity index (χ0) is 17.7. The second-order valence-electron chi connectivity index (χ2n) is 6.57. The first-order valence-electron chi connectivity index (χ1n) is 8.91. The Hall–Kier alpha value is -0.770. The number of hydrogen-bond donors (Lipinski definition) is 0. The van der Waals surface area contributed by atoms with Crippen molar-refractivity contribution < 1.29 is 4.79 Å². The van der Waals surface area contributed by atoms with Crippen molar-refractivity contribution in [2.75, 3.05) is 20.1 Å². The fraction of sp³-hybridized carbons (Fsp3) is 0.632. The summed E-state index contributed by atoms with van der Waals surface area (Å²) in [4.78, 5) is 17.2. The highest BCUT2D eigenvalue weighted by Gasteiger charge is 2.33. The molecule has 3 nitrogen and oxygen atoms in total. The number of halogens is 2. The van der Waals surface area contributed by atoms with Gasteiger partial charge in [0.25, 0.3) is 0 Å². The fourth-order valence-electron chi connectivity index (χ4n) is 3.80. The second-order valence-corrected chi connectivity index (χ2v) is 7.38. The van der Waals surface area contributed by atoms with Crippen molar-refractivity contribution in [2.45, 2.75) is 58.0 Å². The number of amides is 1. The molecule has 0 spiro atoms. The maximum atomic E-state index is 12.8. The summed E-state index contributed by atoms with van der Waals surface area (Å²) in [6, 6.07) is 6.19. The SMILES string of the molecule is CCN(CC)C1CCCCC1N(C)C(=O)Cc1ccc(Cl)c(Cl)c1. The molecule has 0 saturated heterocycles. The molecule has 2 unspecified atom stereocenters. The molecule has 1 saturated carbocycles. The van der Waals surface area contributed by atoms with E-state index in [4.69, 9.17) is 23.2 Å². The predicted octanol–water partition coefficient (Wildman–Crippen LogP) is 4.65. The van der Waals surface area contributed by atoms with E-state index in [1.165, 1.54) is 19.3 Å². The van der Waals surface area contributed by atoms with Gasteiger partial charge in [0.05, 0.1) is 16.5 Å². The minimum Gasteiger partial charge on any atom is -0.341 e. The summed E-state index contributed by atoms with van der Waals surface area (Å²) >= 11 is 12.0. The Kier molecular flexibility index (Phi) is 7.39. The van der Waals surface area contributed by atoms with E-state index in [1.54, 1.807) is 12.1 Å². The molecule has 0 bridgehead atoms. The van der Waals surface area contributed by atoms with Crippen LogP contribution in [-0.4, -0.2) is 47.9 Å². The van der Waals surface area contributed by atoms with Crippen molar-refractivity contribution in [3.8, 4) is 0 Å². The van der Waals surface area contributed by atoms with E-state index in [-0.39, 0.29) is 5.91 Å². The first kappa shape index (κ1) is 19.6. The highest BCUT2D eigenvalue weighted by molar-refractivity contribution is 6.42. The summed E-state index contributed by atoms with van der Waals surface area (Å²) in [6.07, 6.45) is 5.09. The monoisotopic (exact) mass is 370 g/mol. The van der Waals surface area contributed by atoms with E-state index in [1.807, 2.05) is 18.0 Å². The second kappa shape index (κ2) is 9.07. The van der Waals surface area contributed by atoms with Crippen molar-refractivity contribution in [1.82, 2.24) is 9.80 Å². The first-order valence-corrected chi connectivity index (χ1v) is 9.67. The highest BCUT2D eigenvalue weighted by atomic mass is 35.5. The third-order valence-corrected chi connectivity index (χ3v) is 5.94. The van der Waals surface area contributed by atoms with Crippen molar-refractivity contribution in [3.63, 3.8) is 0 Å². The van der Waals surface area contributed by atoms with E-state index < -0.39 is 0 Å². The zero-order valence-electron chi connectivity index (χ0n) is 14.9. The molecular weight excluding hydrogens is 343 g/mol. The van der Waals surface area contributed by atoms with Crippen LogP contribution in [0.2, 0.25) is 10.0 Å². The van der Waals surface area contributed by atoms with Crippen LogP contribution in [0.15, 0.2) is 18.2 Å². The molecule has 0 aromatic heterocycles. The van der Waals surface area contributed by atoms with Crippen molar-refractivity contribution in [2.24, 2.45) is 0 Å². The van der Waals surface area contributed by atoms with Crippen LogP contribution in [0, 0.1) is 0 Å². The summed E-state index contributed by atoms with van der Waals surface area (Å²) in [6.45, 7) is 6.47. The molecular formula is C19H28Cl2N2O. The molecule has 0 N–H and O–H groups in total. The molecule has 1 amide bonds. The molecule has 134 valence electrons. The van der Waals surface area contributed by atoms with Crippen LogP contribution >= 0.6 is 23.2 Å². The van der Waals surface area contributed by atoms with Gasteiger partial charge in [0.1, 0.15) is 0 Å². The lowest BCUT2D eigenvalue weighted by molar-refractivity contribution is -0.133. The Labute approximate surface area is 155 Å². The number of nitrogens with zero attached hydrogens (tertiary/aromatic N) is 2. The maximum Gasteiger partial charge on any atom is 0.227 e. The predicted molar refractivity (Wildman–Crippen MR) is 102 cm³/mol. The molecule has 2 rings (SSSR count). The topological polar surface area (TPSA) is 23.6 Å². The zero-order valence-corrected chi connectivity index (χ0v) is 16.4. The van der Waals surface area contributed by atoms with Gasteiger partial charge in [-0.2, -0.15) is 0 Å².